The summed E-state index contributed by atoms with van der Waals surface area (Å²) in [7, 11) is 0. The van der Waals surface area contributed by atoms with E-state index in [1.807, 2.05) is 6.07 Å². The van der Waals surface area contributed by atoms with Crippen LogP contribution in [0.5, 0.6) is 0 Å². The predicted molar refractivity (Wildman–Crippen MR) is 55.2 cm³/mol. The van der Waals surface area contributed by atoms with E-state index in [0.717, 1.165) is 18.5 Å². The zero-order valence-electron chi connectivity index (χ0n) is 8.68. The molecule has 1 atom stereocenters. The summed E-state index contributed by atoms with van der Waals surface area (Å²) in [5.41, 5.74) is 6.56. The highest BCUT2D eigenvalue weighted by molar-refractivity contribution is 5.67. The smallest absolute Gasteiger partial charge is 0.305 e. The maximum absolute atomic E-state index is 10.5. The zero-order chi connectivity index (χ0) is 11.3. The van der Waals surface area contributed by atoms with Gasteiger partial charge in [-0.3, -0.25) is 4.79 Å². The topological polar surface area (TPSA) is 89.1 Å². The molecule has 1 aromatic heterocycles. The Morgan fingerprint density at radius 1 is 1.67 bits per heavy atom. The molecular formula is C10H15N3O2. The SMILES string of the molecule is CCCc1ccnc(C(N)CC(=O)O)n1. The van der Waals surface area contributed by atoms with E-state index < -0.39 is 12.0 Å². The molecule has 82 valence electrons. The van der Waals surface area contributed by atoms with Crippen molar-refractivity contribution in [1.29, 1.82) is 0 Å². The molecule has 1 aromatic rings. The number of aromatic nitrogens is 2. The first-order valence-corrected chi connectivity index (χ1v) is 4.92. The number of hydrogen-bond donors (Lipinski definition) is 2. The van der Waals surface area contributed by atoms with E-state index in [1.165, 1.54) is 0 Å². The summed E-state index contributed by atoms with van der Waals surface area (Å²) in [6, 6.07) is 1.19. The molecule has 0 amide bonds. The van der Waals surface area contributed by atoms with E-state index in [-0.39, 0.29) is 6.42 Å². The van der Waals surface area contributed by atoms with Crippen LogP contribution in [0.15, 0.2) is 12.3 Å². The van der Waals surface area contributed by atoms with Crippen molar-refractivity contribution in [3.8, 4) is 0 Å². The molecule has 0 bridgehead atoms. The third kappa shape index (κ3) is 3.63. The Morgan fingerprint density at radius 2 is 2.40 bits per heavy atom. The van der Waals surface area contributed by atoms with Gasteiger partial charge in [-0.1, -0.05) is 13.3 Å². The van der Waals surface area contributed by atoms with Crippen molar-refractivity contribution < 1.29 is 9.90 Å². The van der Waals surface area contributed by atoms with Crippen LogP contribution in [0, 0.1) is 0 Å². The van der Waals surface area contributed by atoms with Crippen LogP contribution in [0.25, 0.3) is 0 Å². The normalized spacial score (nSPS) is 12.4. The molecule has 0 aliphatic heterocycles. The Balaban J connectivity index is 2.75. The van der Waals surface area contributed by atoms with Gasteiger partial charge in [-0.05, 0) is 12.5 Å². The van der Waals surface area contributed by atoms with Gasteiger partial charge in [0, 0.05) is 11.9 Å². The Hall–Kier alpha value is -1.49. The van der Waals surface area contributed by atoms with Gasteiger partial charge in [0.15, 0.2) is 0 Å². The monoisotopic (exact) mass is 209 g/mol. The van der Waals surface area contributed by atoms with Crippen LogP contribution in [0.1, 0.15) is 37.3 Å². The number of hydrogen-bond acceptors (Lipinski definition) is 4. The number of carbonyl (C=O) groups is 1. The minimum atomic E-state index is -0.938. The summed E-state index contributed by atoms with van der Waals surface area (Å²) < 4.78 is 0. The van der Waals surface area contributed by atoms with E-state index >= 15 is 0 Å². The largest absolute Gasteiger partial charge is 0.481 e. The molecule has 0 saturated heterocycles. The average molecular weight is 209 g/mol. The molecular weight excluding hydrogens is 194 g/mol. The minimum absolute atomic E-state index is 0.143. The molecule has 0 aromatic carbocycles. The molecule has 3 N–H and O–H groups in total. The molecule has 0 fully saturated rings. The van der Waals surface area contributed by atoms with Gasteiger partial charge >= 0.3 is 5.97 Å². The van der Waals surface area contributed by atoms with Crippen molar-refractivity contribution in [1.82, 2.24) is 9.97 Å². The number of carboxylic acid groups (broad SMARTS) is 1. The first-order valence-electron chi connectivity index (χ1n) is 4.92. The Bertz CT molecular complexity index is 341. The van der Waals surface area contributed by atoms with E-state index in [4.69, 9.17) is 10.8 Å². The van der Waals surface area contributed by atoms with Gasteiger partial charge < -0.3 is 10.8 Å². The first kappa shape index (κ1) is 11.6. The number of nitrogens with zero attached hydrogens (tertiary/aromatic N) is 2. The second-order valence-electron chi connectivity index (χ2n) is 3.36. The molecule has 0 radical (unpaired) electrons. The second kappa shape index (κ2) is 5.41. The minimum Gasteiger partial charge on any atom is -0.481 e. The highest BCUT2D eigenvalue weighted by Gasteiger charge is 2.13. The van der Waals surface area contributed by atoms with E-state index in [9.17, 15) is 4.79 Å². The lowest BCUT2D eigenvalue weighted by molar-refractivity contribution is -0.137. The number of nitrogens with two attached hydrogens (primary N) is 1. The van der Waals surface area contributed by atoms with Gasteiger partial charge in [-0.2, -0.15) is 0 Å². The molecule has 0 saturated carbocycles. The third-order valence-electron chi connectivity index (χ3n) is 1.96. The molecule has 0 spiro atoms. The number of carboxylic acids is 1. The third-order valence-corrected chi connectivity index (χ3v) is 1.96. The van der Waals surface area contributed by atoms with Crippen molar-refractivity contribution in [2.24, 2.45) is 5.73 Å². The Kier molecular flexibility index (Phi) is 4.17. The van der Waals surface area contributed by atoms with Crippen LogP contribution < -0.4 is 5.73 Å². The van der Waals surface area contributed by atoms with E-state index in [2.05, 4.69) is 16.9 Å². The van der Waals surface area contributed by atoms with Crippen LogP contribution in [0.4, 0.5) is 0 Å². The number of aryl methyl sites for hydroxylation is 1. The van der Waals surface area contributed by atoms with Crippen molar-refractivity contribution in [2.45, 2.75) is 32.2 Å². The Labute approximate surface area is 88.4 Å². The molecule has 5 nitrogen and oxygen atoms in total. The second-order valence-corrected chi connectivity index (χ2v) is 3.36. The maximum atomic E-state index is 10.5. The summed E-state index contributed by atoms with van der Waals surface area (Å²) in [5, 5.41) is 8.58. The number of rotatable bonds is 5. The fourth-order valence-corrected chi connectivity index (χ4v) is 1.27. The van der Waals surface area contributed by atoms with Gasteiger partial charge in [-0.25, -0.2) is 9.97 Å². The summed E-state index contributed by atoms with van der Waals surface area (Å²) in [4.78, 5) is 18.6. The van der Waals surface area contributed by atoms with Crippen molar-refractivity contribution in [2.75, 3.05) is 0 Å². The molecule has 15 heavy (non-hydrogen) atoms. The molecule has 0 aliphatic rings. The molecule has 1 heterocycles. The van der Waals surface area contributed by atoms with Crippen LogP contribution in [0.3, 0.4) is 0 Å². The highest BCUT2D eigenvalue weighted by Crippen LogP contribution is 2.09. The van der Waals surface area contributed by atoms with Crippen LogP contribution in [-0.2, 0) is 11.2 Å². The summed E-state index contributed by atoms with van der Waals surface area (Å²) in [6.07, 6.45) is 3.32. The van der Waals surface area contributed by atoms with Crippen molar-refractivity contribution in [3.63, 3.8) is 0 Å². The Morgan fingerprint density at radius 3 is 3.00 bits per heavy atom. The summed E-state index contributed by atoms with van der Waals surface area (Å²) in [6.45, 7) is 2.05. The average Bonchev–Trinajstić information content (AvgIpc) is 2.17. The van der Waals surface area contributed by atoms with Crippen LogP contribution in [0.2, 0.25) is 0 Å². The lowest BCUT2D eigenvalue weighted by Gasteiger charge is -2.08. The maximum Gasteiger partial charge on any atom is 0.305 e. The zero-order valence-corrected chi connectivity index (χ0v) is 8.68. The van der Waals surface area contributed by atoms with Gasteiger partial charge in [0.25, 0.3) is 0 Å². The highest BCUT2D eigenvalue weighted by atomic mass is 16.4. The van der Waals surface area contributed by atoms with Gasteiger partial charge in [0.1, 0.15) is 5.82 Å². The van der Waals surface area contributed by atoms with Gasteiger partial charge in [0.05, 0.1) is 12.5 Å². The summed E-state index contributed by atoms with van der Waals surface area (Å²) >= 11 is 0. The van der Waals surface area contributed by atoms with Crippen molar-refractivity contribution >= 4 is 5.97 Å². The predicted octanol–water partition coefficient (Wildman–Crippen LogP) is 0.904. The molecule has 5 heteroatoms. The molecule has 1 unspecified atom stereocenters. The lowest BCUT2D eigenvalue weighted by atomic mass is 10.2. The van der Waals surface area contributed by atoms with Gasteiger partial charge in [-0.15, -0.1) is 0 Å². The standard InChI is InChI=1S/C10H15N3O2/c1-2-3-7-4-5-12-10(13-7)8(11)6-9(14)15/h4-5,8H,2-3,6,11H2,1H3,(H,14,15). The summed E-state index contributed by atoms with van der Waals surface area (Å²) in [5.74, 6) is -0.532. The van der Waals surface area contributed by atoms with Crippen LogP contribution in [-0.4, -0.2) is 21.0 Å². The fourth-order valence-electron chi connectivity index (χ4n) is 1.27. The molecule has 0 aliphatic carbocycles. The van der Waals surface area contributed by atoms with Crippen LogP contribution >= 0.6 is 0 Å². The van der Waals surface area contributed by atoms with Gasteiger partial charge in [0.2, 0.25) is 0 Å². The number of aliphatic carboxylic acids is 1. The van der Waals surface area contributed by atoms with E-state index in [0.29, 0.717) is 5.82 Å². The van der Waals surface area contributed by atoms with Crippen molar-refractivity contribution in [3.05, 3.63) is 23.8 Å². The van der Waals surface area contributed by atoms with E-state index in [1.54, 1.807) is 6.20 Å². The first-order chi connectivity index (χ1) is 7.13. The lowest BCUT2D eigenvalue weighted by Crippen LogP contribution is -2.18. The quantitative estimate of drug-likeness (QED) is 0.752. The fraction of sp³-hybridized carbons (Fsp3) is 0.500. The molecule has 1 rings (SSSR count).